The summed E-state index contributed by atoms with van der Waals surface area (Å²) in [5.74, 6) is 0.777. The van der Waals surface area contributed by atoms with Crippen molar-refractivity contribution >= 4 is 34.4 Å². The number of aromatic amines is 1. The molecular formula is C9H6N8O2S2. The quantitative estimate of drug-likeness (QED) is 0.739. The molecule has 3 aromatic heterocycles. The van der Waals surface area contributed by atoms with E-state index in [1.807, 2.05) is 0 Å². The normalized spacial score (nSPS) is 22.1. The summed E-state index contributed by atoms with van der Waals surface area (Å²) in [6.07, 6.45) is 2.86. The summed E-state index contributed by atoms with van der Waals surface area (Å²) in [4.78, 5) is 13.8. The second-order valence-corrected chi connectivity index (χ2v) is 5.70. The molecule has 21 heavy (non-hydrogen) atoms. The van der Waals surface area contributed by atoms with Gasteiger partial charge in [-0.05, 0) is 11.5 Å². The molecule has 1 unspecified atom stereocenters. The van der Waals surface area contributed by atoms with Crippen LogP contribution in [0, 0.1) is 0 Å². The van der Waals surface area contributed by atoms with Crippen LogP contribution in [0.3, 0.4) is 0 Å². The lowest BCUT2D eigenvalue weighted by Crippen LogP contribution is -2.47. The van der Waals surface area contributed by atoms with Gasteiger partial charge in [-0.2, -0.15) is 10.3 Å². The second kappa shape index (κ2) is 4.60. The van der Waals surface area contributed by atoms with Crippen LogP contribution in [0.5, 0.6) is 0 Å². The molecule has 3 aromatic rings. The first-order chi connectivity index (χ1) is 10.3. The predicted molar refractivity (Wildman–Crippen MR) is 71.7 cm³/mol. The van der Waals surface area contributed by atoms with Crippen molar-refractivity contribution in [3.8, 4) is 0 Å². The molecule has 0 saturated carbocycles. The van der Waals surface area contributed by atoms with Crippen LogP contribution < -0.4 is 4.90 Å². The van der Waals surface area contributed by atoms with Crippen LogP contribution in [-0.4, -0.2) is 46.4 Å². The van der Waals surface area contributed by atoms with Crippen LogP contribution in [0.15, 0.2) is 22.4 Å². The van der Waals surface area contributed by atoms with E-state index in [4.69, 9.17) is 4.52 Å². The Labute approximate surface area is 125 Å². The first-order valence-electron chi connectivity index (χ1n) is 5.70. The molecule has 106 valence electrons. The highest BCUT2D eigenvalue weighted by atomic mass is 32.2. The molecular weight excluding hydrogens is 316 g/mol. The van der Waals surface area contributed by atoms with Crippen LogP contribution in [-0.2, 0) is 5.54 Å². The number of anilines is 1. The summed E-state index contributed by atoms with van der Waals surface area (Å²) in [6.45, 7) is 0. The van der Waals surface area contributed by atoms with Gasteiger partial charge in [0.05, 0.1) is 6.20 Å². The Hall–Kier alpha value is -2.34. The van der Waals surface area contributed by atoms with Gasteiger partial charge in [0.25, 0.3) is 5.24 Å². The molecule has 12 heteroatoms. The highest BCUT2D eigenvalue weighted by Crippen LogP contribution is 2.46. The molecule has 0 spiro atoms. The topological polar surface area (TPSA) is 127 Å². The average Bonchev–Trinajstić information content (AvgIpc) is 3.27. The lowest BCUT2D eigenvalue weighted by Gasteiger charge is -2.31. The molecule has 1 fully saturated rings. The Morgan fingerprint density at radius 3 is 3.00 bits per heavy atom. The van der Waals surface area contributed by atoms with Gasteiger partial charge in [0.15, 0.2) is 11.4 Å². The van der Waals surface area contributed by atoms with E-state index in [-0.39, 0.29) is 5.24 Å². The Balaban J connectivity index is 1.96. The minimum atomic E-state index is -0.953. The smallest absolute Gasteiger partial charge is 0.288 e. The number of thioether (sulfide) groups is 1. The molecule has 10 nitrogen and oxygen atoms in total. The van der Waals surface area contributed by atoms with Gasteiger partial charge in [0.1, 0.15) is 17.7 Å². The summed E-state index contributed by atoms with van der Waals surface area (Å²) < 4.78 is 8.74. The maximum absolute atomic E-state index is 12.4. The second-order valence-electron chi connectivity index (χ2n) is 4.16. The number of hydrogen-bond acceptors (Lipinski definition) is 10. The summed E-state index contributed by atoms with van der Waals surface area (Å²) in [5.41, 5.74) is 0.104. The molecule has 4 heterocycles. The van der Waals surface area contributed by atoms with Gasteiger partial charge in [0, 0.05) is 16.4 Å². The number of nitrogens with one attached hydrogen (secondary N) is 1. The lowest BCUT2D eigenvalue weighted by atomic mass is 9.93. The fourth-order valence-electron chi connectivity index (χ4n) is 2.24. The van der Waals surface area contributed by atoms with Gasteiger partial charge in [-0.25, -0.2) is 0 Å². The summed E-state index contributed by atoms with van der Waals surface area (Å²) in [6, 6.07) is 0. The zero-order chi connectivity index (χ0) is 14.3. The molecule has 0 radical (unpaired) electrons. The summed E-state index contributed by atoms with van der Waals surface area (Å²) in [7, 11) is 0. The summed E-state index contributed by atoms with van der Waals surface area (Å²) in [5, 5.41) is 23.4. The standard InChI is InChI=1S/C9H6N8O2S2/c18-8-17(7-1-10-14-13-7)9(4-20-8,5-2-19-15-11-5)6-3-21-16-12-6/h1-3H,4H2,(H,10,13,14). The molecule has 1 atom stereocenters. The van der Waals surface area contributed by atoms with E-state index in [0.717, 1.165) is 11.8 Å². The summed E-state index contributed by atoms with van der Waals surface area (Å²) >= 11 is 2.33. The zero-order valence-electron chi connectivity index (χ0n) is 10.2. The van der Waals surface area contributed by atoms with Gasteiger partial charge in [-0.15, -0.1) is 15.3 Å². The van der Waals surface area contributed by atoms with Gasteiger partial charge in [-0.1, -0.05) is 16.3 Å². The van der Waals surface area contributed by atoms with Crippen molar-refractivity contribution in [1.82, 2.24) is 35.4 Å². The molecule has 1 aliphatic heterocycles. The van der Waals surface area contributed by atoms with Crippen LogP contribution >= 0.6 is 23.3 Å². The average molecular weight is 322 g/mol. The van der Waals surface area contributed by atoms with Crippen molar-refractivity contribution in [2.45, 2.75) is 5.54 Å². The largest absolute Gasteiger partial charge is 0.345 e. The monoisotopic (exact) mass is 322 g/mol. The molecule has 1 aliphatic rings. The SMILES string of the molecule is O=C1SCC(c2conn2)(c2csnn2)N1c1cn[nH]n1. The Kier molecular flexibility index (Phi) is 2.71. The number of carbonyl (C=O) groups is 1. The van der Waals surface area contributed by atoms with E-state index in [1.54, 1.807) is 5.38 Å². The number of rotatable bonds is 3. The third kappa shape index (κ3) is 1.69. The van der Waals surface area contributed by atoms with Crippen LogP contribution in [0.2, 0.25) is 0 Å². The molecule has 4 rings (SSSR count). The van der Waals surface area contributed by atoms with Gasteiger partial charge in [0.2, 0.25) is 0 Å². The maximum Gasteiger partial charge on any atom is 0.288 e. The van der Waals surface area contributed by atoms with E-state index in [2.05, 4.69) is 35.4 Å². The fraction of sp³-hybridized carbons (Fsp3) is 0.222. The van der Waals surface area contributed by atoms with Gasteiger partial charge < -0.3 is 4.52 Å². The molecule has 0 bridgehead atoms. The Morgan fingerprint density at radius 1 is 1.38 bits per heavy atom. The van der Waals surface area contributed by atoms with E-state index in [1.165, 1.54) is 28.9 Å². The molecule has 0 aliphatic carbocycles. The van der Waals surface area contributed by atoms with Gasteiger partial charge in [-0.3, -0.25) is 9.69 Å². The Bertz CT molecular complexity index is 707. The molecule has 0 aromatic carbocycles. The number of H-pyrrole nitrogens is 1. The number of amides is 1. The van der Waals surface area contributed by atoms with Gasteiger partial charge >= 0.3 is 0 Å². The number of aromatic nitrogens is 7. The maximum atomic E-state index is 12.4. The number of nitrogens with zero attached hydrogens (tertiary/aromatic N) is 7. The van der Waals surface area contributed by atoms with Crippen molar-refractivity contribution in [2.75, 3.05) is 10.7 Å². The highest BCUT2D eigenvalue weighted by Gasteiger charge is 2.54. The van der Waals surface area contributed by atoms with E-state index >= 15 is 0 Å². The first kappa shape index (κ1) is 12.4. The third-order valence-electron chi connectivity index (χ3n) is 3.17. The lowest BCUT2D eigenvalue weighted by molar-refractivity contribution is 0.262. The minimum Gasteiger partial charge on any atom is -0.345 e. The van der Waals surface area contributed by atoms with Crippen molar-refractivity contribution in [2.24, 2.45) is 0 Å². The van der Waals surface area contributed by atoms with Crippen molar-refractivity contribution < 1.29 is 9.32 Å². The highest BCUT2D eigenvalue weighted by molar-refractivity contribution is 8.14. The first-order valence-corrected chi connectivity index (χ1v) is 7.52. The number of carbonyl (C=O) groups excluding carboxylic acids is 1. The van der Waals surface area contributed by atoms with Crippen LogP contribution in [0.4, 0.5) is 10.6 Å². The molecule has 1 amide bonds. The predicted octanol–water partition coefficient (Wildman–Crippen LogP) is 0.656. The zero-order valence-corrected chi connectivity index (χ0v) is 11.8. The van der Waals surface area contributed by atoms with Crippen molar-refractivity contribution in [3.05, 3.63) is 29.2 Å². The van der Waals surface area contributed by atoms with Crippen molar-refractivity contribution in [3.63, 3.8) is 0 Å². The third-order valence-corrected chi connectivity index (χ3v) is 4.66. The van der Waals surface area contributed by atoms with Crippen LogP contribution in [0.1, 0.15) is 11.4 Å². The molecule has 1 N–H and O–H groups in total. The van der Waals surface area contributed by atoms with E-state index in [9.17, 15) is 4.79 Å². The molecule has 1 saturated heterocycles. The minimum absolute atomic E-state index is 0.181. The number of hydrogen-bond donors (Lipinski definition) is 1. The van der Waals surface area contributed by atoms with E-state index in [0.29, 0.717) is 23.0 Å². The van der Waals surface area contributed by atoms with Crippen molar-refractivity contribution in [1.29, 1.82) is 0 Å². The Morgan fingerprint density at radius 2 is 2.33 bits per heavy atom. The fourth-order valence-corrected chi connectivity index (χ4v) is 3.90. The van der Waals surface area contributed by atoms with E-state index < -0.39 is 5.54 Å². The van der Waals surface area contributed by atoms with Crippen LogP contribution in [0.25, 0.3) is 0 Å².